The molecule has 0 amide bonds. The third-order valence-electron chi connectivity index (χ3n) is 2.73. The molecule has 4 nitrogen and oxygen atoms in total. The van der Waals surface area contributed by atoms with Crippen molar-refractivity contribution >= 4 is 28.1 Å². The van der Waals surface area contributed by atoms with E-state index in [2.05, 4.69) is 10.1 Å². The van der Waals surface area contributed by atoms with Crippen molar-refractivity contribution in [2.45, 2.75) is 0 Å². The van der Waals surface area contributed by atoms with Crippen LogP contribution in [-0.2, 0) is 0 Å². The number of rotatable bonds is 2. The number of nitrogens with two attached hydrogens (primary N) is 1. The van der Waals surface area contributed by atoms with Gasteiger partial charge in [0.1, 0.15) is 4.99 Å². The third kappa shape index (κ3) is 1.65. The number of nitrogens with zero attached hydrogens (tertiary/aromatic N) is 3. The van der Waals surface area contributed by atoms with Gasteiger partial charge >= 0.3 is 0 Å². The zero-order valence-electron chi connectivity index (χ0n) is 9.45. The van der Waals surface area contributed by atoms with E-state index in [1.165, 1.54) is 0 Å². The van der Waals surface area contributed by atoms with Crippen molar-refractivity contribution in [1.82, 2.24) is 14.8 Å². The molecule has 0 aliphatic heterocycles. The second-order valence-electron chi connectivity index (χ2n) is 3.85. The van der Waals surface area contributed by atoms with Crippen molar-refractivity contribution in [3.63, 3.8) is 0 Å². The van der Waals surface area contributed by atoms with Crippen LogP contribution in [0.2, 0.25) is 0 Å². The topological polar surface area (TPSA) is 56.7 Å². The van der Waals surface area contributed by atoms with Crippen molar-refractivity contribution in [2.75, 3.05) is 0 Å². The van der Waals surface area contributed by atoms with Gasteiger partial charge < -0.3 is 5.73 Å². The Morgan fingerprint density at radius 1 is 1.17 bits per heavy atom. The van der Waals surface area contributed by atoms with Gasteiger partial charge in [-0.2, -0.15) is 5.10 Å². The van der Waals surface area contributed by atoms with Crippen molar-refractivity contribution < 1.29 is 0 Å². The Hall–Kier alpha value is -2.27. The number of hydrogen-bond acceptors (Lipinski definition) is 3. The van der Waals surface area contributed by atoms with Gasteiger partial charge in [0.15, 0.2) is 5.82 Å². The Morgan fingerprint density at radius 3 is 2.83 bits per heavy atom. The molecule has 3 rings (SSSR count). The monoisotopic (exact) mass is 254 g/mol. The van der Waals surface area contributed by atoms with Gasteiger partial charge in [0.05, 0.1) is 17.3 Å². The highest BCUT2D eigenvalue weighted by atomic mass is 32.1. The van der Waals surface area contributed by atoms with Crippen LogP contribution in [0.5, 0.6) is 0 Å². The number of benzene rings is 1. The summed E-state index contributed by atoms with van der Waals surface area (Å²) >= 11 is 5.04. The molecule has 1 aromatic carbocycles. The van der Waals surface area contributed by atoms with Crippen LogP contribution < -0.4 is 5.73 Å². The molecule has 88 valence electrons. The molecule has 0 fully saturated rings. The molecule has 0 unspecified atom stereocenters. The molecule has 5 heteroatoms. The predicted molar refractivity (Wildman–Crippen MR) is 74.8 cm³/mol. The summed E-state index contributed by atoms with van der Waals surface area (Å²) in [5.41, 5.74) is 7.42. The predicted octanol–water partition coefficient (Wildman–Crippen LogP) is 2.05. The minimum atomic E-state index is 0.317. The second-order valence-corrected chi connectivity index (χ2v) is 4.29. The fourth-order valence-corrected chi connectivity index (χ4v) is 2.06. The van der Waals surface area contributed by atoms with Crippen LogP contribution in [0.1, 0.15) is 5.56 Å². The molecule has 0 aliphatic rings. The molecular formula is C13H10N4S. The standard InChI is InChI=1S/C13H10N4S/c14-12(18)10-5-3-7-15-13(10)17-11-6-2-1-4-9(11)8-16-17/h1-8H,(H2,14,18). The van der Waals surface area contributed by atoms with E-state index in [0.717, 1.165) is 16.5 Å². The summed E-state index contributed by atoms with van der Waals surface area (Å²) in [4.78, 5) is 4.64. The minimum Gasteiger partial charge on any atom is -0.389 e. The van der Waals surface area contributed by atoms with E-state index in [9.17, 15) is 0 Å². The Labute approximate surface area is 109 Å². The fourth-order valence-electron chi connectivity index (χ4n) is 1.90. The van der Waals surface area contributed by atoms with Crippen molar-refractivity contribution in [1.29, 1.82) is 0 Å². The van der Waals surface area contributed by atoms with E-state index in [1.54, 1.807) is 17.1 Å². The lowest BCUT2D eigenvalue weighted by Gasteiger charge is -2.07. The van der Waals surface area contributed by atoms with Gasteiger partial charge in [-0.15, -0.1) is 0 Å². The van der Waals surface area contributed by atoms with Crippen LogP contribution in [0.25, 0.3) is 16.7 Å². The molecule has 0 spiro atoms. The summed E-state index contributed by atoms with van der Waals surface area (Å²) < 4.78 is 1.75. The first-order valence-corrected chi connectivity index (χ1v) is 5.86. The summed E-state index contributed by atoms with van der Waals surface area (Å²) in [7, 11) is 0. The van der Waals surface area contributed by atoms with Gasteiger partial charge in [-0.25, -0.2) is 9.67 Å². The van der Waals surface area contributed by atoms with E-state index in [0.29, 0.717) is 10.8 Å². The summed E-state index contributed by atoms with van der Waals surface area (Å²) in [5.74, 6) is 0.659. The maximum atomic E-state index is 5.72. The van der Waals surface area contributed by atoms with Crippen LogP contribution in [0.3, 0.4) is 0 Å². The quantitative estimate of drug-likeness (QED) is 0.711. The highest BCUT2D eigenvalue weighted by Crippen LogP contribution is 2.18. The van der Waals surface area contributed by atoms with Gasteiger partial charge in [-0.3, -0.25) is 0 Å². The lowest BCUT2D eigenvalue weighted by Crippen LogP contribution is -2.15. The molecule has 18 heavy (non-hydrogen) atoms. The van der Waals surface area contributed by atoms with Gasteiger partial charge in [-0.1, -0.05) is 30.4 Å². The van der Waals surface area contributed by atoms with Crippen LogP contribution in [0, 0.1) is 0 Å². The van der Waals surface area contributed by atoms with Crippen molar-refractivity contribution in [3.05, 3.63) is 54.4 Å². The minimum absolute atomic E-state index is 0.317. The maximum Gasteiger partial charge on any atom is 0.164 e. The molecule has 3 aromatic rings. The van der Waals surface area contributed by atoms with E-state index in [-0.39, 0.29) is 0 Å². The smallest absolute Gasteiger partial charge is 0.164 e. The molecule has 0 saturated heterocycles. The summed E-state index contributed by atoms with van der Waals surface area (Å²) in [5, 5.41) is 5.40. The third-order valence-corrected chi connectivity index (χ3v) is 2.95. The molecule has 2 N–H and O–H groups in total. The summed E-state index contributed by atoms with van der Waals surface area (Å²) in [6.45, 7) is 0. The first kappa shape index (κ1) is 10.9. The number of hydrogen-bond donors (Lipinski definition) is 1. The lowest BCUT2D eigenvalue weighted by molar-refractivity contribution is 0.872. The second kappa shape index (κ2) is 4.19. The number of para-hydroxylation sites is 1. The van der Waals surface area contributed by atoms with E-state index >= 15 is 0 Å². The molecule has 2 aromatic heterocycles. The Balaban J connectivity index is 2.30. The van der Waals surface area contributed by atoms with E-state index in [1.807, 2.05) is 36.4 Å². The zero-order valence-corrected chi connectivity index (χ0v) is 10.3. The normalized spacial score (nSPS) is 10.7. The molecule has 0 radical (unpaired) electrons. The summed E-state index contributed by atoms with van der Waals surface area (Å²) in [6, 6.07) is 11.6. The zero-order chi connectivity index (χ0) is 12.5. The molecule has 0 aliphatic carbocycles. The van der Waals surface area contributed by atoms with Gasteiger partial charge in [0.2, 0.25) is 0 Å². The number of aromatic nitrogens is 3. The fraction of sp³-hybridized carbons (Fsp3) is 0. The van der Waals surface area contributed by atoms with Crippen molar-refractivity contribution in [3.8, 4) is 5.82 Å². The maximum absolute atomic E-state index is 5.72. The van der Waals surface area contributed by atoms with Crippen LogP contribution in [-0.4, -0.2) is 19.8 Å². The number of pyridine rings is 1. The Bertz CT molecular complexity index is 732. The average Bonchev–Trinajstić information content (AvgIpc) is 2.82. The molecule has 0 saturated carbocycles. The summed E-state index contributed by atoms with van der Waals surface area (Å²) in [6.07, 6.45) is 3.50. The highest BCUT2D eigenvalue weighted by Gasteiger charge is 2.11. The Kier molecular flexibility index (Phi) is 2.53. The van der Waals surface area contributed by atoms with E-state index in [4.69, 9.17) is 18.0 Å². The lowest BCUT2D eigenvalue weighted by atomic mass is 10.2. The van der Waals surface area contributed by atoms with Gasteiger partial charge in [-0.05, 0) is 18.2 Å². The van der Waals surface area contributed by atoms with Crippen LogP contribution >= 0.6 is 12.2 Å². The first-order valence-electron chi connectivity index (χ1n) is 5.45. The number of fused-ring (bicyclic) bond motifs is 1. The Morgan fingerprint density at radius 2 is 2.00 bits per heavy atom. The van der Waals surface area contributed by atoms with Gasteiger partial charge in [0, 0.05) is 11.6 Å². The molecular weight excluding hydrogens is 244 g/mol. The van der Waals surface area contributed by atoms with E-state index < -0.39 is 0 Å². The molecule has 0 atom stereocenters. The van der Waals surface area contributed by atoms with Crippen LogP contribution in [0.15, 0.2) is 48.8 Å². The number of thiocarbonyl (C=S) groups is 1. The SMILES string of the molecule is NC(=S)c1cccnc1-n1ncc2ccccc21. The van der Waals surface area contributed by atoms with Crippen molar-refractivity contribution in [2.24, 2.45) is 5.73 Å². The average molecular weight is 254 g/mol. The van der Waals surface area contributed by atoms with Gasteiger partial charge in [0.25, 0.3) is 0 Å². The van der Waals surface area contributed by atoms with Crippen LogP contribution in [0.4, 0.5) is 0 Å². The largest absolute Gasteiger partial charge is 0.389 e. The molecule has 2 heterocycles. The highest BCUT2D eigenvalue weighted by molar-refractivity contribution is 7.80. The molecule has 0 bridgehead atoms. The first-order chi connectivity index (χ1) is 8.77.